The van der Waals surface area contributed by atoms with Crippen LogP contribution >= 0.6 is 0 Å². The third kappa shape index (κ3) is 1.78. The van der Waals surface area contributed by atoms with E-state index in [4.69, 9.17) is 4.74 Å². The summed E-state index contributed by atoms with van der Waals surface area (Å²) in [4.78, 5) is 41.8. The van der Waals surface area contributed by atoms with Gasteiger partial charge in [-0.15, -0.1) is 0 Å². The molecule has 0 N–H and O–H groups in total. The minimum Gasteiger partial charge on any atom is -0.378 e. The molecule has 2 saturated heterocycles. The third-order valence-corrected chi connectivity index (χ3v) is 6.76. The summed E-state index contributed by atoms with van der Waals surface area (Å²) in [6.07, 6.45) is 5.46. The molecule has 0 aromatic carbocycles. The highest BCUT2D eigenvalue weighted by molar-refractivity contribution is 6.09. The SMILES string of the molecule is C[C@H](C(=O)N1CCOCC1)N1C(=O)[C@@H]2[C@H]3C=C[C@@H]([C@@H]4C[C@H]34)[C@@H]2C1=O. The Morgan fingerprint density at radius 3 is 2.17 bits per heavy atom. The van der Waals surface area contributed by atoms with Crippen molar-refractivity contribution in [2.75, 3.05) is 26.3 Å². The van der Waals surface area contributed by atoms with Crippen molar-refractivity contribution in [1.82, 2.24) is 9.80 Å². The van der Waals surface area contributed by atoms with E-state index >= 15 is 0 Å². The van der Waals surface area contributed by atoms with E-state index in [0.29, 0.717) is 38.1 Å². The molecule has 0 aromatic heterocycles. The Morgan fingerprint density at radius 2 is 1.62 bits per heavy atom. The monoisotopic (exact) mass is 330 g/mol. The minimum absolute atomic E-state index is 0.121. The van der Waals surface area contributed by atoms with Crippen LogP contribution in [0, 0.1) is 35.5 Å². The molecule has 128 valence electrons. The highest BCUT2D eigenvalue weighted by Crippen LogP contribution is 2.65. The number of carbonyl (C=O) groups excluding carboxylic acids is 3. The quantitative estimate of drug-likeness (QED) is 0.539. The van der Waals surface area contributed by atoms with Crippen molar-refractivity contribution in [3.05, 3.63) is 12.2 Å². The number of hydrogen-bond acceptors (Lipinski definition) is 4. The standard InChI is InChI=1S/C18H22N2O4/c1-9(16(21)19-4-6-24-7-5-19)20-17(22)14-10-2-3-11(13-8-12(10)13)15(14)18(20)23/h2-3,9-15H,4-8H2,1H3/t9-,10+,11+,12-,13+,14-,15+/m1/s1. The molecule has 6 aliphatic rings. The largest absolute Gasteiger partial charge is 0.378 e. The first-order valence-corrected chi connectivity index (χ1v) is 9.01. The predicted molar refractivity (Wildman–Crippen MR) is 83.4 cm³/mol. The number of hydrogen-bond donors (Lipinski definition) is 0. The molecule has 24 heavy (non-hydrogen) atoms. The average molecular weight is 330 g/mol. The van der Waals surface area contributed by atoms with Gasteiger partial charge in [0.1, 0.15) is 6.04 Å². The van der Waals surface area contributed by atoms with Gasteiger partial charge < -0.3 is 9.64 Å². The van der Waals surface area contributed by atoms with Crippen LogP contribution < -0.4 is 0 Å². The smallest absolute Gasteiger partial charge is 0.245 e. The summed E-state index contributed by atoms with van der Waals surface area (Å²) in [5.41, 5.74) is 0. The fourth-order valence-corrected chi connectivity index (χ4v) is 5.52. The number of carbonyl (C=O) groups is 3. The van der Waals surface area contributed by atoms with Gasteiger partial charge in [-0.3, -0.25) is 19.3 Å². The molecule has 4 fully saturated rings. The second kappa shape index (κ2) is 4.91. The highest BCUT2D eigenvalue weighted by atomic mass is 16.5. The van der Waals surface area contributed by atoms with Crippen LogP contribution in [-0.4, -0.2) is 59.9 Å². The van der Waals surface area contributed by atoms with E-state index in [1.54, 1.807) is 11.8 Å². The van der Waals surface area contributed by atoms with Crippen LogP contribution in [0.5, 0.6) is 0 Å². The van der Waals surface area contributed by atoms with E-state index in [9.17, 15) is 14.4 Å². The molecular formula is C18H22N2O4. The number of imide groups is 1. The highest BCUT2D eigenvalue weighted by Gasteiger charge is 2.67. The van der Waals surface area contributed by atoms with Crippen molar-refractivity contribution in [2.24, 2.45) is 35.5 Å². The molecule has 4 aliphatic carbocycles. The van der Waals surface area contributed by atoms with Crippen LogP contribution in [-0.2, 0) is 19.1 Å². The second-order valence-electron chi connectivity index (χ2n) is 7.81. The van der Waals surface area contributed by atoms with Gasteiger partial charge in [0.15, 0.2) is 0 Å². The maximum atomic E-state index is 13.0. The number of morpholine rings is 1. The second-order valence-corrected chi connectivity index (χ2v) is 7.81. The molecule has 2 saturated carbocycles. The van der Waals surface area contributed by atoms with Crippen molar-refractivity contribution < 1.29 is 19.1 Å². The van der Waals surface area contributed by atoms with Gasteiger partial charge in [-0.2, -0.15) is 0 Å². The first-order valence-electron chi connectivity index (χ1n) is 9.01. The fourth-order valence-electron chi connectivity index (χ4n) is 5.52. The Hall–Kier alpha value is -1.69. The molecule has 0 aromatic rings. The molecule has 7 atom stereocenters. The molecule has 0 unspecified atom stereocenters. The summed E-state index contributed by atoms with van der Waals surface area (Å²) < 4.78 is 5.28. The van der Waals surface area contributed by atoms with Crippen molar-refractivity contribution in [3.63, 3.8) is 0 Å². The van der Waals surface area contributed by atoms with Crippen molar-refractivity contribution in [2.45, 2.75) is 19.4 Å². The molecule has 6 nitrogen and oxygen atoms in total. The van der Waals surface area contributed by atoms with E-state index in [-0.39, 0.29) is 41.4 Å². The summed E-state index contributed by atoms with van der Waals surface area (Å²) in [6.45, 7) is 3.79. The van der Waals surface area contributed by atoms with E-state index < -0.39 is 6.04 Å². The summed E-state index contributed by atoms with van der Waals surface area (Å²) in [6, 6.07) is -0.704. The van der Waals surface area contributed by atoms with Crippen LogP contribution in [0.15, 0.2) is 12.2 Å². The normalized spacial score (nSPS) is 43.7. The summed E-state index contributed by atoms with van der Waals surface area (Å²) >= 11 is 0. The van der Waals surface area contributed by atoms with E-state index in [0.717, 1.165) is 6.42 Å². The van der Waals surface area contributed by atoms with E-state index in [1.165, 1.54) is 4.90 Å². The lowest BCUT2D eigenvalue weighted by molar-refractivity contribution is -0.152. The Bertz CT molecular complexity index is 617. The zero-order chi connectivity index (χ0) is 16.6. The molecule has 2 heterocycles. The van der Waals surface area contributed by atoms with Gasteiger partial charge >= 0.3 is 0 Å². The molecule has 6 heteroatoms. The fraction of sp³-hybridized carbons (Fsp3) is 0.722. The maximum Gasteiger partial charge on any atom is 0.245 e. The molecule has 3 amide bonds. The molecule has 2 bridgehead atoms. The zero-order valence-corrected chi connectivity index (χ0v) is 13.8. The number of rotatable bonds is 2. The first-order chi connectivity index (χ1) is 11.6. The summed E-state index contributed by atoms with van der Waals surface area (Å²) in [5.74, 6) is 0.754. The van der Waals surface area contributed by atoms with Gasteiger partial charge in [0.2, 0.25) is 17.7 Å². The van der Waals surface area contributed by atoms with Gasteiger partial charge in [0.25, 0.3) is 0 Å². The van der Waals surface area contributed by atoms with Crippen molar-refractivity contribution in [3.8, 4) is 0 Å². The number of amides is 3. The minimum atomic E-state index is -0.704. The Morgan fingerprint density at radius 1 is 1.08 bits per heavy atom. The number of ether oxygens (including phenoxy) is 1. The third-order valence-electron chi connectivity index (χ3n) is 6.76. The van der Waals surface area contributed by atoms with Gasteiger partial charge in [-0.05, 0) is 37.0 Å². The lowest BCUT2D eigenvalue weighted by atomic mass is 9.63. The Balaban J connectivity index is 1.40. The maximum absolute atomic E-state index is 13.0. The van der Waals surface area contributed by atoms with Crippen LogP contribution in [0.3, 0.4) is 0 Å². The predicted octanol–water partition coefficient (Wildman–Crippen LogP) is 0.287. The number of likely N-dealkylation sites (tertiary alicyclic amines) is 1. The Kier molecular flexibility index (Phi) is 2.99. The van der Waals surface area contributed by atoms with E-state index in [1.807, 2.05) is 0 Å². The molecule has 0 spiro atoms. The lowest BCUT2D eigenvalue weighted by Gasteiger charge is -2.37. The average Bonchev–Trinajstić information content (AvgIpc) is 3.39. The van der Waals surface area contributed by atoms with Gasteiger partial charge in [-0.1, -0.05) is 12.2 Å². The summed E-state index contributed by atoms with van der Waals surface area (Å²) in [7, 11) is 0. The first kappa shape index (κ1) is 14.6. The van der Waals surface area contributed by atoms with Crippen molar-refractivity contribution in [1.29, 1.82) is 0 Å². The van der Waals surface area contributed by atoms with Crippen molar-refractivity contribution >= 4 is 17.7 Å². The molecular weight excluding hydrogens is 308 g/mol. The van der Waals surface area contributed by atoms with Gasteiger partial charge in [0, 0.05) is 13.1 Å². The lowest BCUT2D eigenvalue weighted by Crippen LogP contribution is -2.52. The number of allylic oxidation sites excluding steroid dienone is 2. The number of nitrogens with zero attached hydrogens (tertiary/aromatic N) is 2. The van der Waals surface area contributed by atoms with Gasteiger partial charge in [0.05, 0.1) is 25.0 Å². The summed E-state index contributed by atoms with van der Waals surface area (Å²) in [5, 5.41) is 0. The van der Waals surface area contributed by atoms with Crippen LogP contribution in [0.25, 0.3) is 0 Å². The van der Waals surface area contributed by atoms with Crippen LogP contribution in [0.2, 0.25) is 0 Å². The molecule has 6 rings (SSSR count). The topological polar surface area (TPSA) is 66.9 Å². The molecule has 0 radical (unpaired) electrons. The molecule has 2 aliphatic heterocycles. The van der Waals surface area contributed by atoms with Gasteiger partial charge in [-0.25, -0.2) is 0 Å². The van der Waals surface area contributed by atoms with Crippen LogP contribution in [0.4, 0.5) is 0 Å². The zero-order valence-electron chi connectivity index (χ0n) is 13.8. The van der Waals surface area contributed by atoms with E-state index in [2.05, 4.69) is 12.2 Å². The Labute approximate surface area is 140 Å². The van der Waals surface area contributed by atoms with Crippen LogP contribution in [0.1, 0.15) is 13.3 Å².